The highest BCUT2D eigenvalue weighted by Crippen LogP contribution is 2.07. The highest BCUT2D eigenvalue weighted by atomic mass is 16.2. The molecule has 0 heterocycles. The second-order valence-corrected chi connectivity index (χ2v) is 4.12. The highest BCUT2D eigenvalue weighted by molar-refractivity contribution is 5.94. The van der Waals surface area contributed by atoms with Crippen LogP contribution in [-0.4, -0.2) is 24.4 Å². The maximum atomic E-state index is 12.0. The second-order valence-electron chi connectivity index (χ2n) is 4.12. The third kappa shape index (κ3) is 3.92. The predicted octanol–water partition coefficient (Wildman–Crippen LogP) is 2.82. The number of nitriles is 1. The molecule has 0 unspecified atom stereocenters. The molecule has 1 amide bonds. The van der Waals surface area contributed by atoms with E-state index in [1.54, 1.807) is 29.2 Å². The molecule has 0 bridgehead atoms. The molecule has 0 aliphatic rings. The smallest absolute Gasteiger partial charge is 0.253 e. The minimum atomic E-state index is 0.0191. The summed E-state index contributed by atoms with van der Waals surface area (Å²) in [4.78, 5) is 13.7. The van der Waals surface area contributed by atoms with E-state index < -0.39 is 0 Å². The molecule has 1 rings (SSSR count). The monoisotopic (exact) mass is 230 g/mol. The summed E-state index contributed by atoms with van der Waals surface area (Å²) in [5, 5.41) is 8.67. The normalized spacial score (nSPS) is 9.71. The van der Waals surface area contributed by atoms with Crippen LogP contribution in [0.15, 0.2) is 24.3 Å². The standard InChI is InChI=1S/C14H18N2O/c1-3-4-5-10-16(2)14(17)13-8-6-12(11-15)7-9-13/h6-9H,3-5,10H2,1-2H3. The van der Waals surface area contributed by atoms with Crippen LogP contribution < -0.4 is 0 Å². The first-order chi connectivity index (χ1) is 8.19. The topological polar surface area (TPSA) is 44.1 Å². The summed E-state index contributed by atoms with van der Waals surface area (Å²) in [6.07, 6.45) is 3.33. The SMILES string of the molecule is CCCCCN(C)C(=O)c1ccc(C#N)cc1. The molecule has 0 atom stereocenters. The van der Waals surface area contributed by atoms with Crippen molar-refractivity contribution in [1.29, 1.82) is 5.26 Å². The number of amides is 1. The average molecular weight is 230 g/mol. The third-order valence-electron chi connectivity index (χ3n) is 2.70. The van der Waals surface area contributed by atoms with Gasteiger partial charge in [0.25, 0.3) is 5.91 Å². The first-order valence-electron chi connectivity index (χ1n) is 5.94. The number of unbranched alkanes of at least 4 members (excludes halogenated alkanes) is 2. The van der Waals surface area contributed by atoms with Crippen molar-refractivity contribution in [3.63, 3.8) is 0 Å². The molecule has 17 heavy (non-hydrogen) atoms. The van der Waals surface area contributed by atoms with Gasteiger partial charge < -0.3 is 4.90 Å². The van der Waals surface area contributed by atoms with Gasteiger partial charge in [0.1, 0.15) is 0 Å². The molecule has 1 aromatic rings. The summed E-state index contributed by atoms with van der Waals surface area (Å²) >= 11 is 0. The van der Waals surface area contributed by atoms with Gasteiger partial charge in [-0.2, -0.15) is 5.26 Å². The van der Waals surface area contributed by atoms with Crippen molar-refractivity contribution in [3.05, 3.63) is 35.4 Å². The fourth-order valence-electron chi connectivity index (χ4n) is 1.61. The van der Waals surface area contributed by atoms with Crippen molar-refractivity contribution >= 4 is 5.91 Å². The first-order valence-corrected chi connectivity index (χ1v) is 5.94. The van der Waals surface area contributed by atoms with Gasteiger partial charge in [-0.15, -0.1) is 0 Å². The van der Waals surface area contributed by atoms with Crippen LogP contribution in [0.2, 0.25) is 0 Å². The molecule has 0 fully saturated rings. The van der Waals surface area contributed by atoms with E-state index in [1.807, 2.05) is 13.1 Å². The molecule has 3 nitrogen and oxygen atoms in total. The van der Waals surface area contributed by atoms with E-state index >= 15 is 0 Å². The Bertz CT molecular complexity index is 403. The highest BCUT2D eigenvalue weighted by Gasteiger charge is 2.10. The van der Waals surface area contributed by atoms with Crippen molar-refractivity contribution in [3.8, 4) is 6.07 Å². The Morgan fingerprint density at radius 1 is 1.29 bits per heavy atom. The van der Waals surface area contributed by atoms with Gasteiger partial charge in [-0.25, -0.2) is 0 Å². The van der Waals surface area contributed by atoms with E-state index in [2.05, 4.69) is 6.92 Å². The predicted molar refractivity (Wildman–Crippen MR) is 67.6 cm³/mol. The minimum Gasteiger partial charge on any atom is -0.342 e. The van der Waals surface area contributed by atoms with Gasteiger partial charge in [-0.1, -0.05) is 19.8 Å². The Hall–Kier alpha value is -1.82. The summed E-state index contributed by atoms with van der Waals surface area (Å²) in [6, 6.07) is 8.80. The molecule has 0 saturated heterocycles. The lowest BCUT2D eigenvalue weighted by Gasteiger charge is -2.16. The summed E-state index contributed by atoms with van der Waals surface area (Å²) in [7, 11) is 1.82. The molecule has 1 aromatic carbocycles. The number of rotatable bonds is 5. The maximum absolute atomic E-state index is 12.0. The Morgan fingerprint density at radius 3 is 2.47 bits per heavy atom. The van der Waals surface area contributed by atoms with Crippen molar-refractivity contribution in [2.24, 2.45) is 0 Å². The molecule has 0 saturated carbocycles. The zero-order valence-corrected chi connectivity index (χ0v) is 10.4. The van der Waals surface area contributed by atoms with E-state index in [0.717, 1.165) is 25.8 Å². The number of carbonyl (C=O) groups excluding carboxylic acids is 1. The summed E-state index contributed by atoms with van der Waals surface area (Å²) in [5.41, 5.74) is 1.22. The van der Waals surface area contributed by atoms with E-state index in [1.165, 1.54) is 0 Å². The largest absolute Gasteiger partial charge is 0.342 e. The Balaban J connectivity index is 2.59. The summed E-state index contributed by atoms with van der Waals surface area (Å²) in [5.74, 6) is 0.0191. The molecule has 0 aliphatic heterocycles. The van der Waals surface area contributed by atoms with Crippen molar-refractivity contribution < 1.29 is 4.79 Å². The van der Waals surface area contributed by atoms with Crippen molar-refractivity contribution in [2.45, 2.75) is 26.2 Å². The number of nitrogens with zero attached hydrogens (tertiary/aromatic N) is 2. The molecule has 0 aromatic heterocycles. The van der Waals surface area contributed by atoms with Gasteiger partial charge in [-0.3, -0.25) is 4.79 Å². The van der Waals surface area contributed by atoms with E-state index in [9.17, 15) is 4.79 Å². The number of carbonyl (C=O) groups is 1. The van der Waals surface area contributed by atoms with Crippen LogP contribution in [0.25, 0.3) is 0 Å². The number of hydrogen-bond acceptors (Lipinski definition) is 2. The minimum absolute atomic E-state index is 0.0191. The molecule has 90 valence electrons. The zero-order chi connectivity index (χ0) is 12.7. The molecular formula is C14H18N2O. The summed E-state index contributed by atoms with van der Waals surface area (Å²) < 4.78 is 0. The molecule has 3 heteroatoms. The van der Waals surface area contributed by atoms with Gasteiger partial charge in [0.2, 0.25) is 0 Å². The Labute approximate surface area is 103 Å². The van der Waals surface area contributed by atoms with Gasteiger partial charge in [0, 0.05) is 19.2 Å². The molecule has 0 spiro atoms. The lowest BCUT2D eigenvalue weighted by Crippen LogP contribution is -2.27. The van der Waals surface area contributed by atoms with E-state index in [4.69, 9.17) is 5.26 Å². The molecule has 0 aliphatic carbocycles. The van der Waals surface area contributed by atoms with Crippen LogP contribution in [0.3, 0.4) is 0 Å². The quantitative estimate of drug-likeness (QED) is 0.730. The molecule has 0 N–H and O–H groups in total. The maximum Gasteiger partial charge on any atom is 0.253 e. The average Bonchev–Trinajstić information content (AvgIpc) is 2.38. The Morgan fingerprint density at radius 2 is 1.94 bits per heavy atom. The van der Waals surface area contributed by atoms with E-state index in [-0.39, 0.29) is 5.91 Å². The van der Waals surface area contributed by atoms with Gasteiger partial charge >= 0.3 is 0 Å². The van der Waals surface area contributed by atoms with E-state index in [0.29, 0.717) is 11.1 Å². The van der Waals surface area contributed by atoms with Crippen LogP contribution in [0.5, 0.6) is 0 Å². The van der Waals surface area contributed by atoms with Gasteiger partial charge in [-0.05, 0) is 30.7 Å². The van der Waals surface area contributed by atoms with Crippen LogP contribution in [0, 0.1) is 11.3 Å². The summed E-state index contributed by atoms with van der Waals surface area (Å²) in [6.45, 7) is 2.93. The van der Waals surface area contributed by atoms with Crippen molar-refractivity contribution in [1.82, 2.24) is 4.90 Å². The van der Waals surface area contributed by atoms with Crippen LogP contribution in [0.1, 0.15) is 42.1 Å². The van der Waals surface area contributed by atoms with Crippen LogP contribution >= 0.6 is 0 Å². The van der Waals surface area contributed by atoms with Gasteiger partial charge in [0.15, 0.2) is 0 Å². The molecular weight excluding hydrogens is 212 g/mol. The molecule has 0 radical (unpaired) electrons. The lowest BCUT2D eigenvalue weighted by atomic mass is 10.1. The van der Waals surface area contributed by atoms with Gasteiger partial charge in [0.05, 0.1) is 11.6 Å². The third-order valence-corrected chi connectivity index (χ3v) is 2.70. The first kappa shape index (κ1) is 13.2. The van der Waals surface area contributed by atoms with Crippen LogP contribution in [-0.2, 0) is 0 Å². The van der Waals surface area contributed by atoms with Crippen molar-refractivity contribution in [2.75, 3.05) is 13.6 Å². The fourth-order valence-corrected chi connectivity index (χ4v) is 1.61. The number of benzene rings is 1. The lowest BCUT2D eigenvalue weighted by molar-refractivity contribution is 0.0792. The second kappa shape index (κ2) is 6.70. The number of hydrogen-bond donors (Lipinski definition) is 0. The fraction of sp³-hybridized carbons (Fsp3) is 0.429. The van der Waals surface area contributed by atoms with Crippen LogP contribution in [0.4, 0.5) is 0 Å². The Kier molecular flexibility index (Phi) is 5.22. The zero-order valence-electron chi connectivity index (χ0n) is 10.4.